The van der Waals surface area contributed by atoms with E-state index in [9.17, 15) is 19.7 Å². The molecular weight excluding hydrogens is 352 g/mol. The highest BCUT2D eigenvalue weighted by atomic mass is 16.6. The van der Waals surface area contributed by atoms with Crippen LogP contribution in [0.25, 0.3) is 0 Å². The van der Waals surface area contributed by atoms with Gasteiger partial charge in [0.1, 0.15) is 5.75 Å². The molecule has 2 N–H and O–H groups in total. The summed E-state index contributed by atoms with van der Waals surface area (Å²) in [6, 6.07) is 10.4. The van der Waals surface area contributed by atoms with Crippen LogP contribution in [0, 0.1) is 10.1 Å². The van der Waals surface area contributed by atoms with Gasteiger partial charge in [-0.15, -0.1) is 0 Å². The maximum Gasteiger partial charge on any atom is 0.303 e. The first-order valence-electron chi connectivity index (χ1n) is 8.44. The van der Waals surface area contributed by atoms with Crippen LogP contribution in [-0.4, -0.2) is 28.5 Å². The van der Waals surface area contributed by atoms with E-state index >= 15 is 0 Å². The third-order valence-electron chi connectivity index (χ3n) is 3.72. The van der Waals surface area contributed by atoms with Gasteiger partial charge in [-0.1, -0.05) is 13.0 Å². The number of hydrogen-bond donors (Lipinski definition) is 2. The molecule has 1 amide bonds. The number of carbonyl (C=O) groups excluding carboxylic acids is 1. The summed E-state index contributed by atoms with van der Waals surface area (Å²) in [5.41, 5.74) is 1.34. The van der Waals surface area contributed by atoms with Gasteiger partial charge in [0.05, 0.1) is 17.2 Å². The number of aryl methyl sites for hydroxylation is 1. The highest BCUT2D eigenvalue weighted by molar-refractivity contribution is 6.05. The Kier molecular flexibility index (Phi) is 6.87. The van der Waals surface area contributed by atoms with Crippen LogP contribution in [0.5, 0.6) is 5.75 Å². The smallest absolute Gasteiger partial charge is 0.303 e. The molecule has 0 aliphatic rings. The summed E-state index contributed by atoms with van der Waals surface area (Å²) in [6.45, 7) is 2.42. The zero-order valence-corrected chi connectivity index (χ0v) is 14.8. The third-order valence-corrected chi connectivity index (χ3v) is 3.72. The highest BCUT2D eigenvalue weighted by Crippen LogP contribution is 2.27. The molecule has 0 unspecified atom stereocenters. The zero-order valence-electron chi connectivity index (χ0n) is 14.8. The maximum absolute atomic E-state index is 12.5. The molecule has 0 aromatic heterocycles. The molecule has 0 aliphatic carbocycles. The highest BCUT2D eigenvalue weighted by Gasteiger charge is 2.13. The van der Waals surface area contributed by atoms with Crippen LogP contribution >= 0.6 is 0 Å². The van der Waals surface area contributed by atoms with Crippen molar-refractivity contribution in [1.82, 2.24) is 0 Å². The number of anilines is 1. The fourth-order valence-electron chi connectivity index (χ4n) is 2.35. The number of hydrogen-bond acceptors (Lipinski definition) is 5. The number of rotatable bonds is 9. The number of nitrogens with one attached hydrogen (secondary N) is 1. The number of nitrogens with zero attached hydrogens (tertiary/aromatic N) is 1. The first-order chi connectivity index (χ1) is 12.9. The van der Waals surface area contributed by atoms with Gasteiger partial charge in [-0.3, -0.25) is 19.7 Å². The van der Waals surface area contributed by atoms with Gasteiger partial charge in [0, 0.05) is 24.1 Å². The summed E-state index contributed by atoms with van der Waals surface area (Å²) >= 11 is 0. The minimum Gasteiger partial charge on any atom is -0.491 e. The van der Waals surface area contributed by atoms with Crippen molar-refractivity contribution in [2.75, 3.05) is 11.9 Å². The standard InChI is InChI=1S/C19H20N2O6/c1-2-11-27-17-9-3-13(4-10-18(22)23)12-16(17)20-19(24)14-5-7-15(8-6-14)21(25)26/h3,5-9,12H,2,4,10-11H2,1H3,(H,20,24)(H,22,23). The molecule has 0 spiro atoms. The third kappa shape index (κ3) is 5.81. The van der Waals surface area contributed by atoms with Gasteiger partial charge >= 0.3 is 5.97 Å². The molecule has 2 aromatic carbocycles. The number of ether oxygens (including phenoxy) is 1. The molecule has 0 heterocycles. The summed E-state index contributed by atoms with van der Waals surface area (Å²) in [7, 11) is 0. The lowest BCUT2D eigenvalue weighted by Gasteiger charge is -2.14. The molecule has 0 saturated heterocycles. The van der Waals surface area contributed by atoms with Crippen molar-refractivity contribution < 1.29 is 24.4 Å². The van der Waals surface area contributed by atoms with Gasteiger partial charge < -0.3 is 15.2 Å². The molecule has 2 rings (SSSR count). The van der Waals surface area contributed by atoms with E-state index in [1.807, 2.05) is 6.92 Å². The number of aliphatic carboxylic acids is 1. The summed E-state index contributed by atoms with van der Waals surface area (Å²) in [6.07, 6.45) is 1.09. The second kappa shape index (κ2) is 9.33. The van der Waals surface area contributed by atoms with Crippen molar-refractivity contribution in [2.24, 2.45) is 0 Å². The largest absolute Gasteiger partial charge is 0.491 e. The SMILES string of the molecule is CCCOc1ccc(CCC(=O)O)cc1NC(=O)c1ccc([N+](=O)[O-])cc1. The second-order valence-electron chi connectivity index (χ2n) is 5.83. The number of carboxylic acid groups (broad SMARTS) is 1. The number of non-ortho nitro benzene ring substituents is 1. The van der Waals surface area contributed by atoms with E-state index in [1.54, 1.807) is 18.2 Å². The normalized spacial score (nSPS) is 10.3. The van der Waals surface area contributed by atoms with Crippen LogP contribution in [0.3, 0.4) is 0 Å². The van der Waals surface area contributed by atoms with Crippen molar-refractivity contribution in [1.29, 1.82) is 0 Å². The number of carboxylic acids is 1. The Labute approximate surface area is 155 Å². The Balaban J connectivity index is 2.21. The van der Waals surface area contributed by atoms with Crippen molar-refractivity contribution in [2.45, 2.75) is 26.2 Å². The van der Waals surface area contributed by atoms with Gasteiger partial charge in [-0.2, -0.15) is 0 Å². The van der Waals surface area contributed by atoms with Crippen molar-refractivity contribution in [3.8, 4) is 5.75 Å². The van der Waals surface area contributed by atoms with Gasteiger partial charge in [0.25, 0.3) is 11.6 Å². The van der Waals surface area contributed by atoms with Gasteiger partial charge in [0.2, 0.25) is 0 Å². The monoisotopic (exact) mass is 372 g/mol. The Bertz CT molecular complexity index is 833. The lowest BCUT2D eigenvalue weighted by atomic mass is 10.1. The molecule has 0 bridgehead atoms. The minimum absolute atomic E-state index is 0.0229. The molecule has 0 radical (unpaired) electrons. The van der Waals surface area contributed by atoms with Crippen molar-refractivity contribution in [3.63, 3.8) is 0 Å². The maximum atomic E-state index is 12.5. The van der Waals surface area contributed by atoms with Crippen LogP contribution in [-0.2, 0) is 11.2 Å². The average Bonchev–Trinajstić information content (AvgIpc) is 2.65. The molecule has 0 aliphatic heterocycles. The molecule has 27 heavy (non-hydrogen) atoms. The quantitative estimate of drug-likeness (QED) is 0.512. The van der Waals surface area contributed by atoms with Crippen molar-refractivity contribution >= 4 is 23.3 Å². The fourth-order valence-corrected chi connectivity index (χ4v) is 2.35. The van der Waals surface area contributed by atoms with Crippen LogP contribution in [0.1, 0.15) is 35.7 Å². The minimum atomic E-state index is -0.905. The van der Waals surface area contributed by atoms with Gasteiger partial charge in [-0.05, 0) is 42.7 Å². The van der Waals surface area contributed by atoms with E-state index in [0.29, 0.717) is 24.5 Å². The fraction of sp³-hybridized carbons (Fsp3) is 0.263. The number of benzene rings is 2. The zero-order chi connectivity index (χ0) is 19.8. The summed E-state index contributed by atoms with van der Waals surface area (Å²) in [4.78, 5) is 33.4. The Morgan fingerprint density at radius 2 is 1.89 bits per heavy atom. The topological polar surface area (TPSA) is 119 Å². The van der Waals surface area contributed by atoms with Crippen molar-refractivity contribution in [3.05, 3.63) is 63.7 Å². The van der Waals surface area contributed by atoms with Crippen LogP contribution in [0.4, 0.5) is 11.4 Å². The molecular formula is C19H20N2O6. The summed E-state index contributed by atoms with van der Waals surface area (Å²) in [5.74, 6) is -0.870. The first-order valence-corrected chi connectivity index (χ1v) is 8.44. The Morgan fingerprint density at radius 3 is 2.48 bits per heavy atom. The number of carbonyl (C=O) groups is 2. The molecule has 8 nitrogen and oxygen atoms in total. The van der Waals surface area contributed by atoms with E-state index in [-0.39, 0.29) is 17.7 Å². The summed E-state index contributed by atoms with van der Waals surface area (Å²) < 4.78 is 5.63. The van der Waals surface area contributed by atoms with E-state index in [1.165, 1.54) is 24.3 Å². The number of amides is 1. The average molecular weight is 372 g/mol. The molecule has 0 fully saturated rings. The molecule has 2 aromatic rings. The van der Waals surface area contributed by atoms with Crippen LogP contribution in [0.2, 0.25) is 0 Å². The second-order valence-corrected chi connectivity index (χ2v) is 5.83. The van der Waals surface area contributed by atoms with E-state index in [4.69, 9.17) is 9.84 Å². The predicted molar refractivity (Wildman–Crippen MR) is 99.2 cm³/mol. The summed E-state index contributed by atoms with van der Waals surface area (Å²) in [5, 5.41) is 22.3. The van der Waals surface area contributed by atoms with E-state index in [0.717, 1.165) is 12.0 Å². The molecule has 0 atom stereocenters. The lowest BCUT2D eigenvalue weighted by molar-refractivity contribution is -0.384. The van der Waals surface area contributed by atoms with Gasteiger partial charge in [0.15, 0.2) is 0 Å². The predicted octanol–water partition coefficient (Wildman–Crippen LogP) is 3.65. The number of nitro groups is 1. The van der Waals surface area contributed by atoms with Crippen LogP contribution < -0.4 is 10.1 Å². The number of nitro benzene ring substituents is 1. The van der Waals surface area contributed by atoms with Gasteiger partial charge in [-0.25, -0.2) is 0 Å². The first kappa shape index (κ1) is 19.9. The molecule has 142 valence electrons. The molecule has 0 saturated carbocycles. The lowest BCUT2D eigenvalue weighted by Crippen LogP contribution is -2.13. The Morgan fingerprint density at radius 1 is 1.19 bits per heavy atom. The molecule has 8 heteroatoms. The van der Waals surface area contributed by atoms with E-state index in [2.05, 4.69) is 5.32 Å². The van der Waals surface area contributed by atoms with Crippen LogP contribution in [0.15, 0.2) is 42.5 Å². The Hall–Kier alpha value is -3.42. The van der Waals surface area contributed by atoms with E-state index < -0.39 is 16.8 Å².